The van der Waals surface area contributed by atoms with Gasteiger partial charge >= 0.3 is 0 Å². The number of pyridine rings is 1. The largest absolute Gasteiger partial charge is 0.494 e. The van der Waals surface area contributed by atoms with Crippen molar-refractivity contribution in [2.75, 3.05) is 51.7 Å². The molecule has 168 valence electrons. The Labute approximate surface area is 193 Å². The molecule has 7 nitrogen and oxygen atoms in total. The van der Waals surface area contributed by atoms with Gasteiger partial charge in [-0.3, -0.25) is 9.78 Å². The fraction of sp³-hybridized carbons (Fsp3) is 0.375. The number of benzene rings is 1. The van der Waals surface area contributed by atoms with Crippen LogP contribution in [0.5, 0.6) is 5.75 Å². The van der Waals surface area contributed by atoms with Crippen LogP contribution in [-0.2, 0) is 11.2 Å². The lowest BCUT2D eigenvalue weighted by molar-refractivity contribution is -0.115. The van der Waals surface area contributed by atoms with Crippen LogP contribution >= 0.6 is 11.3 Å². The molecule has 0 atom stereocenters. The number of carbonyl (C=O) groups excluding carboxylic acids is 1. The Balaban J connectivity index is 1.22. The third-order valence-corrected chi connectivity index (χ3v) is 6.23. The fourth-order valence-electron chi connectivity index (χ4n) is 3.63. The zero-order valence-corrected chi connectivity index (χ0v) is 19.2. The lowest BCUT2D eigenvalue weighted by Crippen LogP contribution is -2.44. The molecule has 0 spiro atoms. The summed E-state index contributed by atoms with van der Waals surface area (Å²) < 4.78 is 5.93. The van der Waals surface area contributed by atoms with Gasteiger partial charge in [0.25, 0.3) is 0 Å². The number of amides is 1. The Kier molecular flexibility index (Phi) is 7.82. The van der Waals surface area contributed by atoms with E-state index in [0.29, 0.717) is 11.7 Å². The van der Waals surface area contributed by atoms with E-state index in [9.17, 15) is 4.79 Å². The van der Waals surface area contributed by atoms with E-state index in [1.54, 1.807) is 12.4 Å². The quantitative estimate of drug-likeness (QED) is 0.503. The molecule has 3 aromatic rings. The first-order valence-electron chi connectivity index (χ1n) is 10.9. The van der Waals surface area contributed by atoms with E-state index in [-0.39, 0.29) is 12.3 Å². The first-order valence-corrected chi connectivity index (χ1v) is 11.8. The summed E-state index contributed by atoms with van der Waals surface area (Å²) in [5.41, 5.74) is 2.74. The van der Waals surface area contributed by atoms with Gasteiger partial charge < -0.3 is 19.9 Å². The van der Waals surface area contributed by atoms with Crippen LogP contribution in [0.1, 0.15) is 12.0 Å². The topological polar surface area (TPSA) is 70.6 Å². The first-order chi connectivity index (χ1) is 15.7. The maximum Gasteiger partial charge on any atom is 0.230 e. The highest BCUT2D eigenvalue weighted by Crippen LogP contribution is 2.24. The number of likely N-dealkylation sites (N-methyl/N-ethyl adjacent to an activating group) is 1. The normalized spacial score (nSPS) is 14.9. The second-order valence-corrected chi connectivity index (χ2v) is 8.85. The number of piperazine rings is 1. The maximum atomic E-state index is 12.5. The fourth-order valence-corrected chi connectivity index (χ4v) is 4.37. The van der Waals surface area contributed by atoms with Crippen LogP contribution in [0, 0.1) is 0 Å². The van der Waals surface area contributed by atoms with Crippen LogP contribution in [0.25, 0.3) is 11.3 Å². The molecule has 1 aliphatic heterocycles. The second kappa shape index (κ2) is 11.2. The minimum atomic E-state index is -0.0900. The molecule has 32 heavy (non-hydrogen) atoms. The van der Waals surface area contributed by atoms with E-state index < -0.39 is 0 Å². The van der Waals surface area contributed by atoms with E-state index in [1.807, 2.05) is 41.8 Å². The summed E-state index contributed by atoms with van der Waals surface area (Å²) >= 11 is 1.42. The highest BCUT2D eigenvalue weighted by molar-refractivity contribution is 7.14. The molecule has 0 radical (unpaired) electrons. The molecular weight excluding hydrogens is 422 g/mol. The van der Waals surface area contributed by atoms with Crippen molar-refractivity contribution in [1.29, 1.82) is 0 Å². The van der Waals surface area contributed by atoms with Gasteiger partial charge in [0.1, 0.15) is 5.75 Å². The molecule has 1 aromatic carbocycles. The summed E-state index contributed by atoms with van der Waals surface area (Å²) in [6.07, 6.45) is 4.74. The highest BCUT2D eigenvalue weighted by atomic mass is 32.1. The van der Waals surface area contributed by atoms with E-state index in [1.165, 1.54) is 11.3 Å². The predicted molar refractivity (Wildman–Crippen MR) is 128 cm³/mol. The van der Waals surface area contributed by atoms with Crippen LogP contribution in [0.3, 0.4) is 0 Å². The molecule has 0 aliphatic carbocycles. The van der Waals surface area contributed by atoms with Crippen molar-refractivity contribution in [2.45, 2.75) is 12.8 Å². The molecule has 1 N–H and O–H groups in total. The highest BCUT2D eigenvalue weighted by Gasteiger charge is 2.13. The molecule has 1 saturated heterocycles. The molecular formula is C24H29N5O2S. The molecule has 4 rings (SSSR count). The van der Waals surface area contributed by atoms with Crippen LogP contribution in [-0.4, -0.2) is 72.1 Å². The van der Waals surface area contributed by atoms with E-state index >= 15 is 0 Å². The van der Waals surface area contributed by atoms with Crippen molar-refractivity contribution in [3.63, 3.8) is 0 Å². The van der Waals surface area contributed by atoms with Crippen molar-refractivity contribution in [2.24, 2.45) is 0 Å². The van der Waals surface area contributed by atoms with E-state index in [2.05, 4.69) is 32.1 Å². The third kappa shape index (κ3) is 6.59. The number of aromatic nitrogens is 2. The lowest BCUT2D eigenvalue weighted by atomic mass is 10.1. The lowest BCUT2D eigenvalue weighted by Gasteiger charge is -2.32. The average Bonchev–Trinajstić information content (AvgIpc) is 3.27. The van der Waals surface area contributed by atoms with Gasteiger partial charge in [-0.25, -0.2) is 4.98 Å². The first kappa shape index (κ1) is 22.4. The number of ether oxygens (including phenoxy) is 1. The van der Waals surface area contributed by atoms with Crippen molar-refractivity contribution in [1.82, 2.24) is 19.8 Å². The number of rotatable bonds is 9. The van der Waals surface area contributed by atoms with Crippen LogP contribution in [0.2, 0.25) is 0 Å². The standard InChI is InChI=1S/C24H29N5O2S/c1-28-11-13-29(14-12-28)10-3-15-31-21-5-2-4-19(16-21)17-23(30)27-24-26-22(18-32-24)20-6-8-25-9-7-20/h2,4-9,16,18H,3,10-15,17H2,1H3,(H,26,27,30). The van der Waals surface area contributed by atoms with Gasteiger partial charge in [0.15, 0.2) is 5.13 Å². The number of hydrogen-bond acceptors (Lipinski definition) is 7. The van der Waals surface area contributed by atoms with Gasteiger partial charge in [0.05, 0.1) is 18.7 Å². The van der Waals surface area contributed by atoms with Crippen molar-refractivity contribution < 1.29 is 9.53 Å². The Hall–Kier alpha value is -2.81. The number of hydrogen-bond donors (Lipinski definition) is 1. The summed E-state index contributed by atoms with van der Waals surface area (Å²) in [6, 6.07) is 11.6. The molecule has 1 amide bonds. The Morgan fingerprint density at radius 3 is 2.78 bits per heavy atom. The van der Waals surface area contributed by atoms with Gasteiger partial charge in [-0.05, 0) is 43.3 Å². The Morgan fingerprint density at radius 2 is 1.97 bits per heavy atom. The van der Waals surface area contributed by atoms with Crippen molar-refractivity contribution in [3.05, 3.63) is 59.7 Å². The second-order valence-electron chi connectivity index (χ2n) is 7.99. The van der Waals surface area contributed by atoms with Gasteiger partial charge in [0.2, 0.25) is 5.91 Å². The Bertz CT molecular complexity index is 1000. The maximum absolute atomic E-state index is 12.5. The van der Waals surface area contributed by atoms with Crippen LogP contribution in [0.4, 0.5) is 5.13 Å². The molecule has 3 heterocycles. The molecule has 0 saturated carbocycles. The van der Waals surface area contributed by atoms with Gasteiger partial charge in [-0.2, -0.15) is 0 Å². The van der Waals surface area contributed by atoms with Gasteiger partial charge in [-0.15, -0.1) is 11.3 Å². The van der Waals surface area contributed by atoms with E-state index in [0.717, 1.165) is 61.7 Å². The number of nitrogens with zero attached hydrogens (tertiary/aromatic N) is 4. The predicted octanol–water partition coefficient (Wildman–Crippen LogP) is 3.40. The third-order valence-electron chi connectivity index (χ3n) is 5.47. The molecule has 2 aromatic heterocycles. The summed E-state index contributed by atoms with van der Waals surface area (Å²) in [6.45, 7) is 6.27. The molecule has 1 fully saturated rings. The van der Waals surface area contributed by atoms with Crippen LogP contribution < -0.4 is 10.1 Å². The van der Waals surface area contributed by atoms with Gasteiger partial charge in [-0.1, -0.05) is 12.1 Å². The molecule has 8 heteroatoms. The monoisotopic (exact) mass is 451 g/mol. The summed E-state index contributed by atoms with van der Waals surface area (Å²) in [5, 5.41) is 5.42. The number of nitrogens with one attached hydrogen (secondary N) is 1. The van der Waals surface area contributed by atoms with Crippen LogP contribution in [0.15, 0.2) is 54.2 Å². The number of thiazole rings is 1. The minimum Gasteiger partial charge on any atom is -0.494 e. The minimum absolute atomic E-state index is 0.0900. The van der Waals surface area contributed by atoms with Crippen molar-refractivity contribution in [3.8, 4) is 17.0 Å². The number of carbonyl (C=O) groups is 1. The van der Waals surface area contributed by atoms with E-state index in [4.69, 9.17) is 4.74 Å². The smallest absolute Gasteiger partial charge is 0.230 e. The summed E-state index contributed by atoms with van der Waals surface area (Å²) in [5.74, 6) is 0.718. The number of anilines is 1. The zero-order chi connectivity index (χ0) is 22.2. The molecule has 0 bridgehead atoms. The zero-order valence-electron chi connectivity index (χ0n) is 18.4. The summed E-state index contributed by atoms with van der Waals surface area (Å²) in [7, 11) is 2.17. The van der Waals surface area contributed by atoms with Crippen molar-refractivity contribution >= 4 is 22.4 Å². The van der Waals surface area contributed by atoms with Gasteiger partial charge in [0, 0.05) is 56.1 Å². The average molecular weight is 452 g/mol. The SMILES string of the molecule is CN1CCN(CCCOc2cccc(CC(=O)Nc3nc(-c4ccncc4)cs3)c2)CC1. The summed E-state index contributed by atoms with van der Waals surface area (Å²) in [4.78, 5) is 25.9. The molecule has 0 unspecified atom stereocenters. The Morgan fingerprint density at radius 1 is 1.16 bits per heavy atom. The molecule has 1 aliphatic rings.